The molecule has 0 radical (unpaired) electrons. The van der Waals surface area contributed by atoms with Gasteiger partial charge in [0.05, 0.1) is 10.8 Å². The molecule has 4 heteroatoms. The Balaban J connectivity index is 2.19. The second kappa shape index (κ2) is 6.77. The molecule has 2 nitrogen and oxygen atoms in total. The summed E-state index contributed by atoms with van der Waals surface area (Å²) in [5, 5.41) is 3.19. The first-order chi connectivity index (χ1) is 9.61. The van der Waals surface area contributed by atoms with Crippen LogP contribution in [0.15, 0.2) is 53.4 Å². The third kappa shape index (κ3) is 3.52. The van der Waals surface area contributed by atoms with Crippen molar-refractivity contribution >= 4 is 10.8 Å². The molecule has 106 valence electrons. The molecule has 2 unspecified atom stereocenters. The minimum atomic E-state index is -1.23. The van der Waals surface area contributed by atoms with Gasteiger partial charge in [0.25, 0.3) is 0 Å². The first-order valence-electron chi connectivity index (χ1n) is 6.48. The van der Waals surface area contributed by atoms with Crippen LogP contribution in [0, 0.1) is 12.7 Å². The van der Waals surface area contributed by atoms with Gasteiger partial charge >= 0.3 is 0 Å². The molecule has 0 saturated heterocycles. The molecule has 0 aliphatic carbocycles. The molecule has 0 saturated carbocycles. The van der Waals surface area contributed by atoms with Crippen molar-refractivity contribution < 1.29 is 8.60 Å². The predicted molar refractivity (Wildman–Crippen MR) is 80.7 cm³/mol. The number of benzene rings is 2. The Bertz CT molecular complexity index is 615. The number of hydrogen-bond donors (Lipinski definition) is 1. The van der Waals surface area contributed by atoms with Crippen LogP contribution in [-0.4, -0.2) is 17.0 Å². The molecule has 0 fully saturated rings. The highest BCUT2D eigenvalue weighted by Crippen LogP contribution is 2.20. The molecule has 2 rings (SSSR count). The summed E-state index contributed by atoms with van der Waals surface area (Å²) in [7, 11) is 0.612. The van der Waals surface area contributed by atoms with Crippen LogP contribution in [0.4, 0.5) is 4.39 Å². The Morgan fingerprint density at radius 3 is 2.60 bits per heavy atom. The minimum absolute atomic E-state index is 0.0136. The zero-order valence-corrected chi connectivity index (χ0v) is 12.4. The fraction of sp³-hybridized carbons (Fsp3) is 0.250. The largest absolute Gasteiger partial charge is 0.312 e. The molecule has 0 aliphatic rings. The van der Waals surface area contributed by atoms with Gasteiger partial charge in [-0.3, -0.25) is 4.21 Å². The molecule has 0 amide bonds. The van der Waals surface area contributed by atoms with Gasteiger partial charge in [-0.25, -0.2) is 4.39 Å². The Hall–Kier alpha value is -1.52. The maximum absolute atomic E-state index is 13.2. The third-order valence-electron chi connectivity index (χ3n) is 3.29. The highest BCUT2D eigenvalue weighted by Gasteiger charge is 2.16. The van der Waals surface area contributed by atoms with Crippen molar-refractivity contribution in [2.24, 2.45) is 0 Å². The lowest BCUT2D eigenvalue weighted by molar-refractivity contribution is 0.619. The van der Waals surface area contributed by atoms with Crippen molar-refractivity contribution in [3.63, 3.8) is 0 Å². The normalized spacial score (nSPS) is 13.9. The van der Waals surface area contributed by atoms with Crippen LogP contribution in [0.5, 0.6) is 0 Å². The lowest BCUT2D eigenvalue weighted by Gasteiger charge is -2.18. The van der Waals surface area contributed by atoms with Crippen molar-refractivity contribution in [2.75, 3.05) is 12.8 Å². The van der Waals surface area contributed by atoms with Gasteiger partial charge in [-0.2, -0.15) is 0 Å². The van der Waals surface area contributed by atoms with E-state index in [0.29, 0.717) is 10.6 Å². The van der Waals surface area contributed by atoms with E-state index in [1.807, 2.05) is 38.2 Å². The third-order valence-corrected chi connectivity index (χ3v) is 4.71. The fourth-order valence-corrected chi connectivity index (χ4v) is 3.48. The van der Waals surface area contributed by atoms with Gasteiger partial charge in [0, 0.05) is 16.7 Å². The molecule has 0 spiro atoms. The van der Waals surface area contributed by atoms with Gasteiger partial charge in [-0.1, -0.05) is 30.3 Å². The second-order valence-electron chi connectivity index (χ2n) is 4.67. The average Bonchev–Trinajstić information content (AvgIpc) is 2.45. The molecule has 1 N–H and O–H groups in total. The molecule has 0 bridgehead atoms. The zero-order valence-electron chi connectivity index (χ0n) is 11.6. The van der Waals surface area contributed by atoms with E-state index in [-0.39, 0.29) is 11.9 Å². The van der Waals surface area contributed by atoms with Crippen molar-refractivity contribution in [3.05, 3.63) is 65.5 Å². The Kier molecular flexibility index (Phi) is 5.04. The molecule has 2 atom stereocenters. The quantitative estimate of drug-likeness (QED) is 0.916. The van der Waals surface area contributed by atoms with Gasteiger partial charge in [0.2, 0.25) is 0 Å². The number of hydrogen-bond acceptors (Lipinski definition) is 2. The second-order valence-corrected chi connectivity index (χ2v) is 6.16. The lowest BCUT2D eigenvalue weighted by atomic mass is 10.0. The number of rotatable bonds is 5. The van der Waals surface area contributed by atoms with Crippen LogP contribution in [-0.2, 0) is 10.8 Å². The highest BCUT2D eigenvalue weighted by atomic mass is 32.2. The monoisotopic (exact) mass is 291 g/mol. The molecule has 2 aromatic carbocycles. The molecule has 0 heterocycles. The first-order valence-corrected chi connectivity index (χ1v) is 7.80. The van der Waals surface area contributed by atoms with Crippen LogP contribution in [0.1, 0.15) is 17.2 Å². The predicted octanol–water partition coefficient (Wildman–Crippen LogP) is 3.20. The lowest BCUT2D eigenvalue weighted by Crippen LogP contribution is -2.23. The van der Waals surface area contributed by atoms with Crippen LogP contribution >= 0.6 is 0 Å². The van der Waals surface area contributed by atoms with Crippen molar-refractivity contribution in [1.29, 1.82) is 0 Å². The smallest absolute Gasteiger partial charge is 0.124 e. The fourth-order valence-electron chi connectivity index (χ4n) is 2.16. The summed E-state index contributed by atoms with van der Waals surface area (Å²) in [4.78, 5) is 0.527. The van der Waals surface area contributed by atoms with E-state index in [2.05, 4.69) is 5.32 Å². The van der Waals surface area contributed by atoms with Gasteiger partial charge in [-0.05, 0) is 43.3 Å². The number of halogens is 1. The van der Waals surface area contributed by atoms with Crippen LogP contribution < -0.4 is 5.32 Å². The number of aryl methyl sites for hydroxylation is 1. The number of nitrogens with one attached hydrogen (secondary N) is 1. The highest BCUT2D eigenvalue weighted by molar-refractivity contribution is 7.85. The summed E-state index contributed by atoms with van der Waals surface area (Å²) in [6, 6.07) is 14.0. The van der Waals surface area contributed by atoms with E-state index in [4.69, 9.17) is 0 Å². The summed E-state index contributed by atoms with van der Waals surface area (Å²) in [6.07, 6.45) is 0. The molecular formula is C16H18FNOS. The van der Waals surface area contributed by atoms with Gasteiger partial charge in [0.1, 0.15) is 5.82 Å². The van der Waals surface area contributed by atoms with E-state index in [9.17, 15) is 8.60 Å². The molecule has 2 aromatic rings. The van der Waals surface area contributed by atoms with Crippen LogP contribution in [0.2, 0.25) is 0 Å². The SMILES string of the molecule is CNC(CS(=O)c1cccc(F)c1)c1ccccc1C. The standard InChI is InChI=1S/C16H18FNOS/c1-12-6-3-4-9-15(12)16(18-2)11-20(19)14-8-5-7-13(17)10-14/h3-10,16,18H,11H2,1-2H3. The topological polar surface area (TPSA) is 29.1 Å². The summed E-state index contributed by atoms with van der Waals surface area (Å²) in [5.74, 6) is 0.0675. The Morgan fingerprint density at radius 2 is 1.95 bits per heavy atom. The molecule has 20 heavy (non-hydrogen) atoms. The first kappa shape index (κ1) is 14.9. The summed E-state index contributed by atoms with van der Waals surface area (Å²) >= 11 is 0. The Morgan fingerprint density at radius 1 is 1.20 bits per heavy atom. The van der Waals surface area contributed by atoms with Crippen LogP contribution in [0.3, 0.4) is 0 Å². The van der Waals surface area contributed by atoms with Gasteiger partial charge < -0.3 is 5.32 Å². The molecule has 0 aliphatic heterocycles. The van der Waals surface area contributed by atoms with Gasteiger partial charge in [-0.15, -0.1) is 0 Å². The van der Waals surface area contributed by atoms with E-state index in [1.54, 1.807) is 12.1 Å². The van der Waals surface area contributed by atoms with Gasteiger partial charge in [0.15, 0.2) is 0 Å². The maximum atomic E-state index is 13.2. The average molecular weight is 291 g/mol. The summed E-state index contributed by atoms with van der Waals surface area (Å²) in [5.41, 5.74) is 2.28. The van der Waals surface area contributed by atoms with E-state index in [0.717, 1.165) is 11.1 Å². The summed E-state index contributed by atoms with van der Waals surface area (Å²) in [6.45, 7) is 2.03. The maximum Gasteiger partial charge on any atom is 0.124 e. The van der Waals surface area contributed by atoms with E-state index in [1.165, 1.54) is 12.1 Å². The molecular weight excluding hydrogens is 273 g/mol. The van der Waals surface area contributed by atoms with Crippen LogP contribution in [0.25, 0.3) is 0 Å². The molecule has 0 aromatic heterocycles. The van der Waals surface area contributed by atoms with Crippen molar-refractivity contribution in [1.82, 2.24) is 5.32 Å². The van der Waals surface area contributed by atoms with E-state index >= 15 is 0 Å². The van der Waals surface area contributed by atoms with E-state index < -0.39 is 10.8 Å². The summed E-state index contributed by atoms with van der Waals surface area (Å²) < 4.78 is 25.5. The minimum Gasteiger partial charge on any atom is -0.312 e. The van der Waals surface area contributed by atoms with Crippen molar-refractivity contribution in [3.8, 4) is 0 Å². The zero-order chi connectivity index (χ0) is 14.5. The Labute approximate surface area is 121 Å². The van der Waals surface area contributed by atoms with Crippen molar-refractivity contribution in [2.45, 2.75) is 17.9 Å².